The second-order valence-corrected chi connectivity index (χ2v) is 6.20. The average Bonchev–Trinajstić information content (AvgIpc) is 2.43. The van der Waals surface area contributed by atoms with Gasteiger partial charge in [-0.15, -0.1) is 0 Å². The lowest BCUT2D eigenvalue weighted by Gasteiger charge is -2.25. The van der Waals surface area contributed by atoms with Crippen molar-refractivity contribution in [3.05, 3.63) is 33.8 Å². The van der Waals surface area contributed by atoms with Crippen molar-refractivity contribution in [1.29, 1.82) is 0 Å². The predicted molar refractivity (Wildman–Crippen MR) is 88.6 cm³/mol. The van der Waals surface area contributed by atoms with E-state index < -0.39 is 0 Å². The van der Waals surface area contributed by atoms with Gasteiger partial charge in [-0.3, -0.25) is 0 Å². The van der Waals surface area contributed by atoms with Crippen LogP contribution in [0.4, 0.5) is 0 Å². The zero-order chi connectivity index (χ0) is 14.3. The molecule has 0 aromatic heterocycles. The number of halogens is 1. The molecule has 0 aliphatic carbocycles. The molecular formula is C17H28BrN. The van der Waals surface area contributed by atoms with Crippen molar-refractivity contribution in [2.45, 2.75) is 59.4 Å². The Hall–Kier alpha value is -0.340. The van der Waals surface area contributed by atoms with Crippen molar-refractivity contribution in [3.8, 4) is 0 Å². The minimum Gasteiger partial charge on any atom is -0.310 e. The van der Waals surface area contributed by atoms with E-state index in [0.717, 1.165) is 12.5 Å². The van der Waals surface area contributed by atoms with Crippen LogP contribution in [0.3, 0.4) is 0 Å². The summed E-state index contributed by atoms with van der Waals surface area (Å²) in [5, 5.41) is 3.72. The molecule has 0 amide bonds. The lowest BCUT2D eigenvalue weighted by molar-refractivity contribution is 0.370. The summed E-state index contributed by atoms with van der Waals surface area (Å²) in [4.78, 5) is 0. The fraction of sp³-hybridized carbons (Fsp3) is 0.647. The maximum Gasteiger partial charge on any atom is 0.0334 e. The molecule has 1 rings (SSSR count). The van der Waals surface area contributed by atoms with Crippen LogP contribution in [0.2, 0.25) is 0 Å². The van der Waals surface area contributed by atoms with E-state index in [1.54, 1.807) is 0 Å². The highest BCUT2D eigenvalue weighted by Gasteiger charge is 2.18. The highest BCUT2D eigenvalue weighted by Crippen LogP contribution is 2.32. The highest BCUT2D eigenvalue weighted by atomic mass is 79.9. The molecule has 1 aromatic rings. The number of benzene rings is 1. The average molecular weight is 326 g/mol. The van der Waals surface area contributed by atoms with E-state index in [-0.39, 0.29) is 0 Å². The van der Waals surface area contributed by atoms with Crippen molar-refractivity contribution in [2.75, 3.05) is 6.54 Å². The molecule has 1 unspecified atom stereocenters. The molecule has 0 spiro atoms. The zero-order valence-electron chi connectivity index (χ0n) is 12.8. The number of rotatable bonds is 8. The first kappa shape index (κ1) is 16.7. The summed E-state index contributed by atoms with van der Waals surface area (Å²) in [6.45, 7) is 10.1. The van der Waals surface area contributed by atoms with Crippen LogP contribution in [0.25, 0.3) is 0 Å². The molecule has 0 saturated heterocycles. The molecule has 2 heteroatoms. The molecule has 0 heterocycles. The predicted octanol–water partition coefficient (Wildman–Crippen LogP) is 5.62. The Morgan fingerprint density at radius 1 is 1.16 bits per heavy atom. The van der Waals surface area contributed by atoms with Gasteiger partial charge in [-0.2, -0.15) is 0 Å². The van der Waals surface area contributed by atoms with E-state index in [1.165, 1.54) is 41.3 Å². The van der Waals surface area contributed by atoms with Gasteiger partial charge in [0.1, 0.15) is 0 Å². The first-order valence-electron chi connectivity index (χ1n) is 7.62. The molecule has 1 nitrogen and oxygen atoms in total. The fourth-order valence-electron chi connectivity index (χ4n) is 2.53. The maximum atomic E-state index is 3.77. The van der Waals surface area contributed by atoms with Gasteiger partial charge in [0.25, 0.3) is 0 Å². The molecule has 0 bridgehead atoms. The smallest absolute Gasteiger partial charge is 0.0334 e. The van der Waals surface area contributed by atoms with E-state index >= 15 is 0 Å². The number of hydrogen-bond donors (Lipinski definition) is 1. The molecular weight excluding hydrogens is 298 g/mol. The summed E-state index contributed by atoms with van der Waals surface area (Å²) in [6.07, 6.45) is 4.95. The van der Waals surface area contributed by atoms with Gasteiger partial charge < -0.3 is 5.32 Å². The van der Waals surface area contributed by atoms with Gasteiger partial charge in [0.15, 0.2) is 0 Å². The van der Waals surface area contributed by atoms with Gasteiger partial charge in [0.2, 0.25) is 0 Å². The Morgan fingerprint density at radius 3 is 2.42 bits per heavy atom. The van der Waals surface area contributed by atoms with Crippen LogP contribution >= 0.6 is 15.9 Å². The minimum absolute atomic E-state index is 0.471. The summed E-state index contributed by atoms with van der Waals surface area (Å²) < 4.78 is 1.27. The van der Waals surface area contributed by atoms with Crippen molar-refractivity contribution >= 4 is 15.9 Å². The van der Waals surface area contributed by atoms with Gasteiger partial charge in [0, 0.05) is 10.5 Å². The SMILES string of the molecule is CCCNC(CC(CC)CC)c1cccc(C)c1Br. The summed E-state index contributed by atoms with van der Waals surface area (Å²) in [7, 11) is 0. The Bertz CT molecular complexity index is 372. The lowest BCUT2D eigenvalue weighted by Crippen LogP contribution is -2.25. The molecule has 0 saturated carbocycles. The standard InChI is InChI=1S/C17H28BrN/c1-5-11-19-16(12-14(6-2)7-3)15-10-8-9-13(4)17(15)18/h8-10,14,16,19H,5-7,11-12H2,1-4H3. The first-order valence-corrected chi connectivity index (χ1v) is 8.41. The number of hydrogen-bond acceptors (Lipinski definition) is 1. The van der Waals surface area contributed by atoms with Crippen molar-refractivity contribution < 1.29 is 0 Å². The third kappa shape index (κ3) is 4.92. The number of aryl methyl sites for hydroxylation is 1. The largest absolute Gasteiger partial charge is 0.310 e. The van der Waals surface area contributed by atoms with E-state index in [9.17, 15) is 0 Å². The molecule has 19 heavy (non-hydrogen) atoms. The second kappa shape index (κ2) is 8.76. The van der Waals surface area contributed by atoms with Gasteiger partial charge in [0.05, 0.1) is 0 Å². The van der Waals surface area contributed by atoms with Crippen molar-refractivity contribution in [3.63, 3.8) is 0 Å². The first-order chi connectivity index (χ1) is 9.13. The second-order valence-electron chi connectivity index (χ2n) is 5.40. The summed E-state index contributed by atoms with van der Waals surface area (Å²) >= 11 is 3.77. The van der Waals surface area contributed by atoms with E-state index in [1.807, 2.05) is 0 Å². The Labute approximate surface area is 127 Å². The fourth-order valence-corrected chi connectivity index (χ4v) is 3.07. The molecule has 108 valence electrons. The van der Waals surface area contributed by atoms with Crippen molar-refractivity contribution in [2.24, 2.45) is 5.92 Å². The number of nitrogens with one attached hydrogen (secondary N) is 1. The Balaban J connectivity index is 2.91. The van der Waals surface area contributed by atoms with Gasteiger partial charge >= 0.3 is 0 Å². The van der Waals surface area contributed by atoms with Crippen LogP contribution in [0.1, 0.15) is 63.6 Å². The van der Waals surface area contributed by atoms with Crippen molar-refractivity contribution in [1.82, 2.24) is 5.32 Å². The van der Waals surface area contributed by atoms with E-state index in [0.29, 0.717) is 6.04 Å². The molecule has 0 radical (unpaired) electrons. The third-order valence-corrected chi connectivity index (χ3v) is 5.04. The summed E-state index contributed by atoms with van der Waals surface area (Å²) in [5.74, 6) is 0.807. The van der Waals surface area contributed by atoms with Crippen LogP contribution in [0.15, 0.2) is 22.7 Å². The Morgan fingerprint density at radius 2 is 1.84 bits per heavy atom. The molecule has 1 N–H and O–H groups in total. The van der Waals surface area contributed by atoms with E-state index in [4.69, 9.17) is 0 Å². The molecule has 0 aliphatic rings. The molecule has 0 fully saturated rings. The van der Waals surface area contributed by atoms with Crippen LogP contribution in [-0.2, 0) is 0 Å². The highest BCUT2D eigenvalue weighted by molar-refractivity contribution is 9.10. The molecule has 1 atom stereocenters. The van der Waals surface area contributed by atoms with Crippen LogP contribution in [0, 0.1) is 12.8 Å². The van der Waals surface area contributed by atoms with Gasteiger partial charge in [-0.25, -0.2) is 0 Å². The van der Waals surface area contributed by atoms with Crippen LogP contribution in [0.5, 0.6) is 0 Å². The van der Waals surface area contributed by atoms with E-state index in [2.05, 4.69) is 67.1 Å². The Kier molecular flexibility index (Phi) is 7.70. The lowest BCUT2D eigenvalue weighted by atomic mass is 9.90. The quantitative estimate of drug-likeness (QED) is 0.653. The monoisotopic (exact) mass is 325 g/mol. The molecule has 0 aliphatic heterocycles. The van der Waals surface area contributed by atoms with Gasteiger partial charge in [-0.1, -0.05) is 67.7 Å². The van der Waals surface area contributed by atoms with Crippen LogP contribution < -0.4 is 5.32 Å². The zero-order valence-corrected chi connectivity index (χ0v) is 14.4. The topological polar surface area (TPSA) is 12.0 Å². The normalized spacial score (nSPS) is 12.9. The maximum absolute atomic E-state index is 3.77. The third-order valence-electron chi connectivity index (χ3n) is 3.96. The minimum atomic E-state index is 0.471. The summed E-state index contributed by atoms with van der Waals surface area (Å²) in [6, 6.07) is 7.07. The molecule has 1 aromatic carbocycles. The summed E-state index contributed by atoms with van der Waals surface area (Å²) in [5.41, 5.74) is 2.74. The van der Waals surface area contributed by atoms with Gasteiger partial charge in [-0.05, 0) is 43.4 Å². The van der Waals surface area contributed by atoms with Crippen LogP contribution in [-0.4, -0.2) is 6.54 Å².